The second-order valence-corrected chi connectivity index (χ2v) is 6.93. The number of nitrogens with zero attached hydrogens (tertiary/aromatic N) is 5. The number of anilines is 4. The van der Waals surface area contributed by atoms with Crippen molar-refractivity contribution in [1.29, 1.82) is 0 Å². The second kappa shape index (κ2) is 8.68. The summed E-state index contributed by atoms with van der Waals surface area (Å²) in [7, 11) is 1.54. The van der Waals surface area contributed by atoms with Crippen LogP contribution in [0.1, 0.15) is 5.69 Å². The van der Waals surface area contributed by atoms with Crippen LogP contribution in [0.2, 0.25) is 0 Å². The number of nitrogens with one attached hydrogen (secondary N) is 3. The number of hydrogen-bond donors (Lipinski definition) is 3. The molecular weight excluding hydrogens is 384 g/mol. The molecule has 4 rings (SSSR count). The Morgan fingerprint density at radius 3 is 2.70 bits per heavy atom. The number of pyridine rings is 2. The average molecular weight is 408 g/mol. The highest BCUT2D eigenvalue weighted by Gasteiger charge is 2.22. The van der Waals surface area contributed by atoms with Crippen molar-refractivity contribution in [3.8, 4) is 5.88 Å². The Labute approximate surface area is 174 Å². The van der Waals surface area contributed by atoms with Gasteiger partial charge in [-0.1, -0.05) is 6.07 Å². The van der Waals surface area contributed by atoms with Gasteiger partial charge in [-0.25, -0.2) is 14.8 Å². The molecule has 1 saturated heterocycles. The molecule has 3 N–H and O–H groups in total. The van der Waals surface area contributed by atoms with Gasteiger partial charge in [-0.2, -0.15) is 5.10 Å². The number of H-pyrrole nitrogens is 1. The zero-order valence-corrected chi connectivity index (χ0v) is 16.9. The molecule has 3 aromatic rings. The first-order valence-corrected chi connectivity index (χ1v) is 9.68. The Hall–Kier alpha value is -3.82. The molecule has 0 aromatic carbocycles. The van der Waals surface area contributed by atoms with E-state index in [0.29, 0.717) is 37.7 Å². The molecule has 1 aliphatic heterocycles. The molecule has 0 spiro atoms. The quantitative estimate of drug-likeness (QED) is 0.595. The van der Waals surface area contributed by atoms with E-state index in [9.17, 15) is 4.79 Å². The molecule has 30 heavy (non-hydrogen) atoms. The number of aryl methyl sites for hydroxylation is 1. The number of methoxy groups -OCH3 is 1. The number of rotatable bonds is 5. The summed E-state index contributed by atoms with van der Waals surface area (Å²) in [5.74, 6) is 2.78. The Balaban J connectivity index is 1.33. The molecule has 0 aliphatic carbocycles. The van der Waals surface area contributed by atoms with Crippen LogP contribution in [-0.4, -0.2) is 64.4 Å². The van der Waals surface area contributed by atoms with Crippen LogP contribution >= 0.6 is 0 Å². The van der Waals surface area contributed by atoms with Crippen LogP contribution in [0.15, 0.2) is 42.6 Å². The van der Waals surface area contributed by atoms with Crippen molar-refractivity contribution in [1.82, 2.24) is 25.1 Å². The molecule has 3 aromatic heterocycles. The molecule has 2 amide bonds. The van der Waals surface area contributed by atoms with E-state index in [1.165, 1.54) is 0 Å². The van der Waals surface area contributed by atoms with Crippen molar-refractivity contribution < 1.29 is 9.53 Å². The highest BCUT2D eigenvalue weighted by atomic mass is 16.5. The molecule has 0 saturated carbocycles. The summed E-state index contributed by atoms with van der Waals surface area (Å²) in [5.41, 5.74) is 1.64. The lowest BCUT2D eigenvalue weighted by atomic mass is 10.3. The van der Waals surface area contributed by atoms with Gasteiger partial charge in [0, 0.05) is 55.9 Å². The van der Waals surface area contributed by atoms with E-state index in [-0.39, 0.29) is 6.03 Å². The molecule has 1 fully saturated rings. The molecule has 4 heterocycles. The van der Waals surface area contributed by atoms with Crippen molar-refractivity contribution >= 4 is 29.2 Å². The zero-order valence-electron chi connectivity index (χ0n) is 16.9. The highest BCUT2D eigenvalue weighted by Crippen LogP contribution is 2.20. The van der Waals surface area contributed by atoms with Gasteiger partial charge >= 0.3 is 6.03 Å². The van der Waals surface area contributed by atoms with E-state index in [2.05, 4.69) is 35.7 Å². The topological polar surface area (TPSA) is 111 Å². The summed E-state index contributed by atoms with van der Waals surface area (Å²) in [5, 5.41) is 13.2. The molecule has 0 bridgehead atoms. The molecule has 10 heteroatoms. The van der Waals surface area contributed by atoms with Gasteiger partial charge in [-0.15, -0.1) is 0 Å². The number of urea groups is 1. The van der Waals surface area contributed by atoms with Gasteiger partial charge in [-0.05, 0) is 25.1 Å². The van der Waals surface area contributed by atoms with E-state index in [4.69, 9.17) is 4.74 Å². The fourth-order valence-corrected chi connectivity index (χ4v) is 3.22. The van der Waals surface area contributed by atoms with E-state index >= 15 is 0 Å². The third-order valence-corrected chi connectivity index (χ3v) is 4.78. The van der Waals surface area contributed by atoms with Crippen molar-refractivity contribution in [3.05, 3.63) is 48.3 Å². The maximum atomic E-state index is 12.6. The zero-order chi connectivity index (χ0) is 20.9. The van der Waals surface area contributed by atoms with Crippen LogP contribution in [0.4, 0.5) is 27.9 Å². The van der Waals surface area contributed by atoms with E-state index < -0.39 is 0 Å². The van der Waals surface area contributed by atoms with Crippen LogP contribution in [-0.2, 0) is 0 Å². The number of carbonyl (C=O) groups excluding carboxylic acids is 1. The lowest BCUT2D eigenvalue weighted by Gasteiger charge is -2.35. The lowest BCUT2D eigenvalue weighted by molar-refractivity contribution is 0.208. The van der Waals surface area contributed by atoms with Gasteiger partial charge in [0.15, 0.2) is 5.82 Å². The van der Waals surface area contributed by atoms with Crippen LogP contribution in [0.25, 0.3) is 0 Å². The summed E-state index contributed by atoms with van der Waals surface area (Å²) in [6.07, 6.45) is 1.60. The predicted octanol–water partition coefficient (Wildman–Crippen LogP) is 2.61. The predicted molar refractivity (Wildman–Crippen MR) is 114 cm³/mol. The molecule has 10 nitrogen and oxygen atoms in total. The van der Waals surface area contributed by atoms with E-state index in [0.717, 1.165) is 23.1 Å². The van der Waals surface area contributed by atoms with Crippen molar-refractivity contribution in [2.75, 3.05) is 48.8 Å². The third kappa shape index (κ3) is 4.59. The molecule has 0 radical (unpaired) electrons. The second-order valence-electron chi connectivity index (χ2n) is 6.93. The van der Waals surface area contributed by atoms with Crippen LogP contribution < -0.4 is 20.3 Å². The van der Waals surface area contributed by atoms with Gasteiger partial charge in [0.05, 0.1) is 7.11 Å². The Kier molecular flexibility index (Phi) is 5.64. The number of aromatic nitrogens is 4. The summed E-state index contributed by atoms with van der Waals surface area (Å²) >= 11 is 0. The number of hydrogen-bond acceptors (Lipinski definition) is 7. The van der Waals surface area contributed by atoms with E-state index in [1.807, 2.05) is 31.2 Å². The van der Waals surface area contributed by atoms with Gasteiger partial charge in [0.2, 0.25) is 5.88 Å². The molecular formula is C20H24N8O2. The van der Waals surface area contributed by atoms with Crippen molar-refractivity contribution in [3.63, 3.8) is 0 Å². The number of carbonyl (C=O) groups is 1. The first-order valence-electron chi connectivity index (χ1n) is 9.68. The van der Waals surface area contributed by atoms with Gasteiger partial charge in [0.25, 0.3) is 0 Å². The normalized spacial score (nSPS) is 13.8. The smallest absolute Gasteiger partial charge is 0.321 e. The van der Waals surface area contributed by atoms with Gasteiger partial charge in [-0.3, -0.25) is 5.10 Å². The molecule has 0 unspecified atom stereocenters. The first-order chi connectivity index (χ1) is 14.6. The fraction of sp³-hybridized carbons (Fsp3) is 0.300. The summed E-state index contributed by atoms with van der Waals surface area (Å²) in [4.78, 5) is 25.2. The Morgan fingerprint density at radius 1 is 1.13 bits per heavy atom. The highest BCUT2D eigenvalue weighted by molar-refractivity contribution is 5.89. The Morgan fingerprint density at radius 2 is 1.97 bits per heavy atom. The van der Waals surface area contributed by atoms with Gasteiger partial charge in [0.1, 0.15) is 11.6 Å². The molecule has 1 aliphatic rings. The number of aromatic amines is 1. The van der Waals surface area contributed by atoms with Crippen LogP contribution in [0.5, 0.6) is 5.88 Å². The molecule has 156 valence electrons. The minimum absolute atomic E-state index is 0.139. The molecule has 0 atom stereocenters. The minimum Gasteiger partial charge on any atom is -0.481 e. The SMILES string of the molecule is COc1cc(NC(=O)N2CCN(c3cccc(Nc4cc(C)[nH]n4)n3)CC2)ccn1. The fourth-order valence-electron chi connectivity index (χ4n) is 3.22. The number of ether oxygens (including phenoxy) is 1. The average Bonchev–Trinajstić information content (AvgIpc) is 3.18. The minimum atomic E-state index is -0.139. The Bertz CT molecular complexity index is 1010. The van der Waals surface area contributed by atoms with E-state index in [1.54, 1.807) is 30.3 Å². The standard InChI is InChI=1S/C20H24N8O2/c1-14-12-17(26-25-14)23-16-4-3-5-18(24-16)27-8-10-28(11-9-27)20(29)22-15-6-7-21-19(13-15)30-2/h3-7,12-13H,8-11H2,1-2H3,(H,21,22,29)(H2,23,24,25,26). The third-order valence-electron chi connectivity index (χ3n) is 4.78. The lowest BCUT2D eigenvalue weighted by Crippen LogP contribution is -2.50. The van der Waals surface area contributed by atoms with Crippen molar-refractivity contribution in [2.45, 2.75) is 6.92 Å². The number of piperazine rings is 1. The van der Waals surface area contributed by atoms with Crippen molar-refractivity contribution in [2.24, 2.45) is 0 Å². The largest absolute Gasteiger partial charge is 0.481 e. The summed E-state index contributed by atoms with van der Waals surface area (Å²) in [6.45, 7) is 4.55. The summed E-state index contributed by atoms with van der Waals surface area (Å²) in [6, 6.07) is 11.0. The first kappa shape index (κ1) is 19.5. The number of amides is 2. The maximum absolute atomic E-state index is 12.6. The van der Waals surface area contributed by atoms with Gasteiger partial charge < -0.3 is 25.2 Å². The maximum Gasteiger partial charge on any atom is 0.321 e. The van der Waals surface area contributed by atoms with Crippen LogP contribution in [0, 0.1) is 6.92 Å². The summed E-state index contributed by atoms with van der Waals surface area (Å²) < 4.78 is 5.09. The van der Waals surface area contributed by atoms with Crippen LogP contribution in [0.3, 0.4) is 0 Å². The monoisotopic (exact) mass is 408 g/mol.